The van der Waals surface area contributed by atoms with Gasteiger partial charge in [0.2, 0.25) is 11.8 Å². The molecule has 6 heteroatoms. The Kier molecular flexibility index (Phi) is 5.80. The molecule has 0 saturated heterocycles. The highest BCUT2D eigenvalue weighted by molar-refractivity contribution is 5.84. The van der Waals surface area contributed by atoms with Gasteiger partial charge in [0.25, 0.3) is 0 Å². The number of carbonyl (C=O) groups is 3. The number of amides is 2. The minimum Gasteiger partial charge on any atom is -0.480 e. The lowest BCUT2D eigenvalue weighted by atomic mass is 9.85. The summed E-state index contributed by atoms with van der Waals surface area (Å²) in [5.74, 6) is -0.995. The lowest BCUT2D eigenvalue weighted by Crippen LogP contribution is -2.45. The monoisotopic (exact) mass is 310 g/mol. The van der Waals surface area contributed by atoms with E-state index in [0.29, 0.717) is 12.8 Å². The SMILES string of the molecule is CC(NC(=O)C1CCC(NC(=O)C2CCCC2)CC1)C(=O)O. The number of rotatable bonds is 5. The minimum absolute atomic E-state index is 0.138. The summed E-state index contributed by atoms with van der Waals surface area (Å²) in [5.41, 5.74) is 0. The molecule has 0 aromatic rings. The molecular weight excluding hydrogens is 284 g/mol. The molecular formula is C16H26N2O4. The normalized spacial score (nSPS) is 27.1. The average Bonchev–Trinajstić information content (AvgIpc) is 3.02. The number of hydrogen-bond acceptors (Lipinski definition) is 3. The van der Waals surface area contributed by atoms with E-state index in [4.69, 9.17) is 5.11 Å². The number of carboxylic acid groups (broad SMARTS) is 1. The van der Waals surface area contributed by atoms with Gasteiger partial charge >= 0.3 is 5.97 Å². The summed E-state index contributed by atoms with van der Waals surface area (Å²) in [6.45, 7) is 1.47. The first kappa shape index (κ1) is 16.8. The molecule has 2 saturated carbocycles. The van der Waals surface area contributed by atoms with Crippen LogP contribution in [0.25, 0.3) is 0 Å². The molecule has 2 aliphatic rings. The van der Waals surface area contributed by atoms with E-state index in [1.165, 1.54) is 6.92 Å². The van der Waals surface area contributed by atoms with E-state index in [1.54, 1.807) is 0 Å². The topological polar surface area (TPSA) is 95.5 Å². The second-order valence-electron chi connectivity index (χ2n) is 6.61. The molecule has 124 valence electrons. The molecule has 3 N–H and O–H groups in total. The lowest BCUT2D eigenvalue weighted by Gasteiger charge is -2.29. The fourth-order valence-electron chi connectivity index (χ4n) is 3.40. The molecule has 1 unspecified atom stereocenters. The van der Waals surface area contributed by atoms with Gasteiger partial charge in [-0.2, -0.15) is 0 Å². The third-order valence-electron chi connectivity index (χ3n) is 4.90. The predicted octanol–water partition coefficient (Wildman–Crippen LogP) is 1.44. The standard InChI is InChI=1S/C16H26N2O4/c1-10(16(21)22)17-14(19)12-6-8-13(9-7-12)18-15(20)11-4-2-3-5-11/h10-13H,2-9H2,1H3,(H,17,19)(H,18,20)(H,21,22). The molecule has 0 aromatic carbocycles. The Bertz CT molecular complexity index is 424. The zero-order chi connectivity index (χ0) is 16.1. The maximum atomic E-state index is 12.1. The van der Waals surface area contributed by atoms with Gasteiger partial charge in [0.05, 0.1) is 0 Å². The van der Waals surface area contributed by atoms with Gasteiger partial charge < -0.3 is 15.7 Å². The van der Waals surface area contributed by atoms with E-state index < -0.39 is 12.0 Å². The van der Waals surface area contributed by atoms with Crippen LogP contribution in [-0.2, 0) is 14.4 Å². The van der Waals surface area contributed by atoms with Crippen LogP contribution in [0.5, 0.6) is 0 Å². The van der Waals surface area contributed by atoms with Crippen molar-refractivity contribution in [3.05, 3.63) is 0 Å². The summed E-state index contributed by atoms with van der Waals surface area (Å²) >= 11 is 0. The van der Waals surface area contributed by atoms with Crippen LogP contribution in [0.4, 0.5) is 0 Å². The first-order valence-corrected chi connectivity index (χ1v) is 8.31. The average molecular weight is 310 g/mol. The maximum Gasteiger partial charge on any atom is 0.325 e. The largest absolute Gasteiger partial charge is 0.480 e. The Morgan fingerprint density at radius 3 is 2.00 bits per heavy atom. The van der Waals surface area contributed by atoms with Gasteiger partial charge in [0.15, 0.2) is 0 Å². The molecule has 0 aliphatic heterocycles. The van der Waals surface area contributed by atoms with Gasteiger partial charge in [0.1, 0.15) is 6.04 Å². The fourth-order valence-corrected chi connectivity index (χ4v) is 3.40. The molecule has 2 rings (SSSR count). The van der Waals surface area contributed by atoms with Gasteiger partial charge in [-0.1, -0.05) is 12.8 Å². The van der Waals surface area contributed by atoms with Crippen LogP contribution in [0.15, 0.2) is 0 Å². The summed E-state index contributed by atoms with van der Waals surface area (Å²) in [5, 5.41) is 14.5. The highest BCUT2D eigenvalue weighted by Gasteiger charge is 2.30. The van der Waals surface area contributed by atoms with Crippen molar-refractivity contribution in [2.75, 3.05) is 0 Å². The first-order valence-electron chi connectivity index (χ1n) is 8.31. The van der Waals surface area contributed by atoms with Crippen molar-refractivity contribution in [1.82, 2.24) is 10.6 Å². The van der Waals surface area contributed by atoms with E-state index in [0.717, 1.165) is 38.5 Å². The second-order valence-corrected chi connectivity index (χ2v) is 6.61. The Labute approximate surface area is 131 Å². The molecule has 0 aromatic heterocycles. The van der Waals surface area contributed by atoms with Gasteiger partial charge in [-0.25, -0.2) is 0 Å². The summed E-state index contributed by atoms with van der Waals surface area (Å²) in [6, 6.07) is -0.693. The Hall–Kier alpha value is -1.59. The molecule has 2 amide bonds. The highest BCUT2D eigenvalue weighted by Crippen LogP contribution is 2.27. The van der Waals surface area contributed by atoms with Crippen LogP contribution in [0, 0.1) is 11.8 Å². The maximum absolute atomic E-state index is 12.1. The predicted molar refractivity (Wildman–Crippen MR) is 81.1 cm³/mol. The third-order valence-corrected chi connectivity index (χ3v) is 4.90. The first-order chi connectivity index (χ1) is 10.5. The highest BCUT2D eigenvalue weighted by atomic mass is 16.4. The van der Waals surface area contributed by atoms with Crippen LogP contribution in [0.3, 0.4) is 0 Å². The van der Waals surface area contributed by atoms with Crippen LogP contribution in [0.2, 0.25) is 0 Å². The van der Waals surface area contributed by atoms with E-state index >= 15 is 0 Å². The smallest absolute Gasteiger partial charge is 0.325 e. The van der Waals surface area contributed by atoms with E-state index in [1.807, 2.05) is 0 Å². The van der Waals surface area contributed by atoms with Crippen LogP contribution >= 0.6 is 0 Å². The second kappa shape index (κ2) is 7.61. The summed E-state index contributed by atoms with van der Waals surface area (Å²) in [4.78, 5) is 34.8. The van der Waals surface area contributed by atoms with Crippen molar-refractivity contribution in [2.24, 2.45) is 11.8 Å². The van der Waals surface area contributed by atoms with Gasteiger partial charge in [-0.3, -0.25) is 14.4 Å². The van der Waals surface area contributed by atoms with Crippen LogP contribution in [-0.4, -0.2) is 35.0 Å². The minimum atomic E-state index is -1.02. The summed E-state index contributed by atoms with van der Waals surface area (Å²) in [6.07, 6.45) is 7.27. The van der Waals surface area contributed by atoms with Crippen molar-refractivity contribution in [3.8, 4) is 0 Å². The van der Waals surface area contributed by atoms with Gasteiger partial charge in [-0.15, -0.1) is 0 Å². The lowest BCUT2D eigenvalue weighted by molar-refractivity contribution is -0.142. The number of carboxylic acids is 1. The fraction of sp³-hybridized carbons (Fsp3) is 0.812. The van der Waals surface area contributed by atoms with Crippen molar-refractivity contribution in [3.63, 3.8) is 0 Å². The molecule has 6 nitrogen and oxygen atoms in total. The molecule has 0 spiro atoms. The van der Waals surface area contributed by atoms with Gasteiger partial charge in [0, 0.05) is 17.9 Å². The molecule has 0 radical (unpaired) electrons. The number of hydrogen-bond donors (Lipinski definition) is 3. The van der Waals surface area contributed by atoms with Gasteiger partial charge in [-0.05, 0) is 45.4 Å². The molecule has 2 fully saturated rings. The zero-order valence-corrected chi connectivity index (χ0v) is 13.1. The Balaban J connectivity index is 1.72. The van der Waals surface area contributed by atoms with Crippen molar-refractivity contribution in [1.29, 1.82) is 0 Å². The molecule has 0 bridgehead atoms. The molecule has 22 heavy (non-hydrogen) atoms. The third kappa shape index (κ3) is 4.45. The Morgan fingerprint density at radius 1 is 0.909 bits per heavy atom. The van der Waals surface area contributed by atoms with Crippen LogP contribution < -0.4 is 10.6 Å². The quantitative estimate of drug-likeness (QED) is 0.716. The number of aliphatic carboxylic acids is 1. The van der Waals surface area contributed by atoms with Crippen molar-refractivity contribution < 1.29 is 19.5 Å². The van der Waals surface area contributed by atoms with Crippen LogP contribution in [0.1, 0.15) is 58.3 Å². The zero-order valence-electron chi connectivity index (χ0n) is 13.1. The van der Waals surface area contributed by atoms with Crippen molar-refractivity contribution >= 4 is 17.8 Å². The van der Waals surface area contributed by atoms with E-state index in [2.05, 4.69) is 10.6 Å². The van der Waals surface area contributed by atoms with E-state index in [9.17, 15) is 14.4 Å². The Morgan fingerprint density at radius 2 is 1.45 bits per heavy atom. The molecule has 0 heterocycles. The van der Waals surface area contributed by atoms with Crippen molar-refractivity contribution in [2.45, 2.75) is 70.4 Å². The summed E-state index contributed by atoms with van der Waals surface area (Å²) in [7, 11) is 0. The molecule has 2 aliphatic carbocycles. The number of nitrogens with one attached hydrogen (secondary N) is 2. The summed E-state index contributed by atoms with van der Waals surface area (Å²) < 4.78 is 0. The molecule has 1 atom stereocenters. The number of carbonyl (C=O) groups excluding carboxylic acids is 2. The van der Waals surface area contributed by atoms with E-state index in [-0.39, 0.29) is 29.7 Å².